The van der Waals surface area contributed by atoms with Gasteiger partial charge in [0.25, 0.3) is 0 Å². The molecule has 6 heteroatoms. The Hall–Kier alpha value is -1.14. The van der Waals surface area contributed by atoms with Crippen molar-refractivity contribution in [2.75, 3.05) is 0 Å². The molecule has 0 unspecified atom stereocenters. The number of nitrogens with zero attached hydrogens (tertiary/aromatic N) is 1. The Morgan fingerprint density at radius 2 is 2.14 bits per heavy atom. The Morgan fingerprint density at radius 1 is 1.36 bits per heavy atom. The van der Waals surface area contributed by atoms with Crippen molar-refractivity contribution in [3.63, 3.8) is 0 Å². The normalized spacial score (nSPS) is 10.4. The number of benzene rings is 1. The van der Waals surface area contributed by atoms with Crippen LogP contribution in [0.2, 0.25) is 0 Å². The van der Waals surface area contributed by atoms with Gasteiger partial charge in [-0.2, -0.15) is 0 Å². The topological polar surface area (TPSA) is 53.6 Å². The number of aromatic nitrogens is 3. The van der Waals surface area contributed by atoms with E-state index >= 15 is 0 Å². The predicted octanol–water partition coefficient (Wildman–Crippen LogP) is 1.99. The highest BCUT2D eigenvalue weighted by Gasteiger charge is 2.02. The first-order chi connectivity index (χ1) is 6.68. The first kappa shape index (κ1) is 9.42. The molecule has 0 aliphatic rings. The van der Waals surface area contributed by atoms with Gasteiger partial charge in [0, 0.05) is 4.47 Å². The maximum atomic E-state index is 11.3. The van der Waals surface area contributed by atoms with Gasteiger partial charge < -0.3 is 0 Å². The van der Waals surface area contributed by atoms with Gasteiger partial charge in [-0.05, 0) is 30.4 Å². The third kappa shape index (κ3) is 1.58. The second kappa shape index (κ2) is 3.55. The Kier molecular flexibility index (Phi) is 2.39. The highest BCUT2D eigenvalue weighted by Crippen LogP contribution is 2.13. The Bertz CT molecular complexity index is 541. The molecule has 0 saturated carbocycles. The molecule has 0 spiro atoms. The molecule has 0 radical (unpaired) electrons. The first-order valence-electron chi connectivity index (χ1n) is 3.84. The molecule has 2 N–H and O–H groups in total. The molecular weight excluding hydrogens is 266 g/mol. The summed E-state index contributed by atoms with van der Waals surface area (Å²) in [5.41, 5.74) is 0.458. The lowest BCUT2D eigenvalue weighted by atomic mass is 10.3. The van der Waals surface area contributed by atoms with Gasteiger partial charge in [-0.25, -0.2) is 14.5 Å². The minimum absolute atomic E-state index is 0.270. The van der Waals surface area contributed by atoms with E-state index in [1.54, 1.807) is 0 Å². The highest BCUT2D eigenvalue weighted by atomic mass is 79.9. The molecule has 0 bridgehead atoms. The van der Waals surface area contributed by atoms with Gasteiger partial charge in [0.15, 0.2) is 0 Å². The van der Waals surface area contributed by atoms with Gasteiger partial charge in [0.1, 0.15) is 0 Å². The van der Waals surface area contributed by atoms with Crippen LogP contribution in [0, 0.1) is 4.77 Å². The molecule has 4 nitrogen and oxygen atoms in total. The number of hydrogen-bond donors (Lipinski definition) is 2. The molecule has 1 heterocycles. The quantitative estimate of drug-likeness (QED) is 0.780. The van der Waals surface area contributed by atoms with E-state index < -0.39 is 0 Å². The fraction of sp³-hybridized carbons (Fsp3) is 0. The van der Waals surface area contributed by atoms with Crippen molar-refractivity contribution in [1.29, 1.82) is 0 Å². The molecule has 2 rings (SSSR count). The van der Waals surface area contributed by atoms with E-state index in [2.05, 4.69) is 26.1 Å². The summed E-state index contributed by atoms with van der Waals surface area (Å²) < 4.78 is 2.64. The van der Waals surface area contributed by atoms with Gasteiger partial charge in [0.05, 0.1) is 5.69 Å². The van der Waals surface area contributed by atoms with Crippen LogP contribution in [0.15, 0.2) is 33.5 Å². The first-order valence-corrected chi connectivity index (χ1v) is 5.04. The van der Waals surface area contributed by atoms with Crippen molar-refractivity contribution in [3.05, 3.63) is 44.0 Å². The van der Waals surface area contributed by atoms with Crippen LogP contribution >= 0.6 is 28.1 Å². The average Bonchev–Trinajstić information content (AvgIpc) is 2.46. The van der Waals surface area contributed by atoms with Crippen LogP contribution in [0.4, 0.5) is 0 Å². The lowest BCUT2D eigenvalue weighted by molar-refractivity contribution is 0.974. The maximum absolute atomic E-state index is 11.3. The fourth-order valence-corrected chi connectivity index (χ4v) is 1.79. The van der Waals surface area contributed by atoms with Gasteiger partial charge in [0.2, 0.25) is 4.77 Å². The summed E-state index contributed by atoms with van der Waals surface area (Å²) in [6, 6.07) is 7.35. The maximum Gasteiger partial charge on any atom is 0.347 e. The molecule has 0 atom stereocenters. The third-order valence-electron chi connectivity index (χ3n) is 1.75. The summed E-state index contributed by atoms with van der Waals surface area (Å²) >= 11 is 8.29. The lowest BCUT2D eigenvalue weighted by Crippen LogP contribution is -2.14. The average molecular weight is 272 g/mol. The van der Waals surface area contributed by atoms with Crippen LogP contribution in [0.1, 0.15) is 0 Å². The number of nitrogens with one attached hydrogen (secondary N) is 2. The second-order valence-corrected chi connectivity index (χ2v) is 3.98. The Balaban J connectivity index is 2.72. The molecular formula is C8H6BrN3OS. The van der Waals surface area contributed by atoms with E-state index in [9.17, 15) is 4.79 Å². The van der Waals surface area contributed by atoms with Crippen LogP contribution in [0.3, 0.4) is 0 Å². The van der Waals surface area contributed by atoms with Crippen molar-refractivity contribution in [2.45, 2.75) is 0 Å². The summed E-state index contributed by atoms with van der Waals surface area (Å²) in [6.07, 6.45) is 0. The van der Waals surface area contributed by atoms with E-state index in [0.29, 0.717) is 4.77 Å². The Morgan fingerprint density at radius 3 is 2.71 bits per heavy atom. The van der Waals surface area contributed by atoms with E-state index in [1.165, 1.54) is 4.57 Å². The van der Waals surface area contributed by atoms with Crippen LogP contribution < -0.4 is 5.69 Å². The molecule has 0 saturated heterocycles. The summed E-state index contributed by atoms with van der Waals surface area (Å²) in [5.74, 6) is 0. The predicted molar refractivity (Wildman–Crippen MR) is 59.3 cm³/mol. The van der Waals surface area contributed by atoms with Crippen LogP contribution in [0.5, 0.6) is 0 Å². The summed E-state index contributed by atoms with van der Waals surface area (Å²) in [6.45, 7) is 0. The molecule has 2 aromatic rings. The largest absolute Gasteiger partial charge is 0.347 e. The monoisotopic (exact) mass is 271 g/mol. The van der Waals surface area contributed by atoms with Gasteiger partial charge in [-0.15, -0.1) is 0 Å². The van der Waals surface area contributed by atoms with Gasteiger partial charge >= 0.3 is 5.69 Å². The molecule has 1 aromatic heterocycles. The second-order valence-electron chi connectivity index (χ2n) is 2.68. The molecule has 0 amide bonds. The molecule has 1 aromatic carbocycles. The minimum atomic E-state index is -0.270. The summed E-state index contributed by atoms with van der Waals surface area (Å²) in [4.78, 5) is 11.3. The van der Waals surface area contributed by atoms with Gasteiger partial charge in [-0.1, -0.05) is 22.0 Å². The Labute approximate surface area is 92.7 Å². The van der Waals surface area contributed by atoms with Crippen molar-refractivity contribution in [2.24, 2.45) is 0 Å². The van der Waals surface area contributed by atoms with Crippen molar-refractivity contribution in [1.82, 2.24) is 14.8 Å². The summed E-state index contributed by atoms with van der Waals surface area (Å²) in [7, 11) is 0. The molecule has 0 aliphatic heterocycles. The van der Waals surface area contributed by atoms with Crippen LogP contribution in [-0.2, 0) is 0 Å². The van der Waals surface area contributed by atoms with E-state index in [1.807, 2.05) is 24.3 Å². The molecule has 14 heavy (non-hydrogen) atoms. The lowest BCUT2D eigenvalue weighted by Gasteiger charge is -1.99. The van der Waals surface area contributed by atoms with Crippen molar-refractivity contribution in [3.8, 4) is 5.69 Å². The van der Waals surface area contributed by atoms with E-state index in [4.69, 9.17) is 12.2 Å². The molecule has 72 valence electrons. The minimum Gasteiger partial charge on any atom is -0.272 e. The molecule has 0 fully saturated rings. The standard InChI is InChI=1S/C8H6BrN3OS/c9-5-2-1-3-6(4-5)12-7(13)10-11-8(12)14/h1-4H,(H,10,13)(H,11,14). The smallest absolute Gasteiger partial charge is 0.272 e. The SMILES string of the molecule is O=c1[nH][nH]c(=S)n1-c1cccc(Br)c1. The highest BCUT2D eigenvalue weighted by molar-refractivity contribution is 9.10. The number of aromatic amines is 2. The molecule has 0 aliphatic carbocycles. The zero-order valence-corrected chi connectivity index (χ0v) is 9.35. The third-order valence-corrected chi connectivity index (χ3v) is 2.53. The zero-order chi connectivity index (χ0) is 10.1. The van der Waals surface area contributed by atoms with Crippen molar-refractivity contribution >= 4 is 28.1 Å². The van der Waals surface area contributed by atoms with Crippen LogP contribution in [-0.4, -0.2) is 14.8 Å². The van der Waals surface area contributed by atoms with Gasteiger partial charge in [-0.3, -0.25) is 5.10 Å². The van der Waals surface area contributed by atoms with Crippen LogP contribution in [0.25, 0.3) is 5.69 Å². The number of hydrogen-bond acceptors (Lipinski definition) is 2. The van der Waals surface area contributed by atoms with E-state index in [0.717, 1.165) is 10.2 Å². The zero-order valence-electron chi connectivity index (χ0n) is 6.95. The number of rotatable bonds is 1. The number of halogens is 1. The summed E-state index contributed by atoms with van der Waals surface area (Å²) in [5, 5.41) is 5.00. The van der Waals surface area contributed by atoms with Crippen molar-refractivity contribution < 1.29 is 0 Å². The van der Waals surface area contributed by atoms with E-state index in [-0.39, 0.29) is 5.69 Å². The fourth-order valence-electron chi connectivity index (χ4n) is 1.16. The number of H-pyrrole nitrogens is 2.